The molecule has 1 heterocycles. The SMILES string of the molecule is CCC(C)(C)Oc1cc(Br)nc(C(C)C)n1. The van der Waals surface area contributed by atoms with Gasteiger partial charge < -0.3 is 4.74 Å². The first kappa shape index (κ1) is 13.4. The standard InChI is InChI=1S/C12H19BrN2O/c1-6-12(4,5)16-10-7-9(13)14-11(15-10)8(2)3/h7-8H,6H2,1-5H3. The average Bonchev–Trinajstić information content (AvgIpc) is 2.16. The molecule has 1 aromatic rings. The normalized spacial score (nSPS) is 11.9. The minimum absolute atomic E-state index is 0.192. The molecule has 3 nitrogen and oxygen atoms in total. The van der Waals surface area contributed by atoms with Gasteiger partial charge in [0.2, 0.25) is 5.88 Å². The molecule has 0 saturated carbocycles. The quantitative estimate of drug-likeness (QED) is 0.787. The fourth-order valence-electron chi connectivity index (χ4n) is 1.08. The number of halogens is 1. The number of aromatic nitrogens is 2. The largest absolute Gasteiger partial charge is 0.472 e. The van der Waals surface area contributed by atoms with Gasteiger partial charge in [0.1, 0.15) is 16.0 Å². The number of hydrogen-bond acceptors (Lipinski definition) is 3. The van der Waals surface area contributed by atoms with Crippen LogP contribution >= 0.6 is 15.9 Å². The summed E-state index contributed by atoms with van der Waals surface area (Å²) in [6, 6.07) is 1.81. The second kappa shape index (κ2) is 5.13. The Morgan fingerprint density at radius 1 is 1.38 bits per heavy atom. The van der Waals surface area contributed by atoms with Gasteiger partial charge in [-0.2, -0.15) is 4.98 Å². The van der Waals surface area contributed by atoms with E-state index in [-0.39, 0.29) is 5.60 Å². The van der Waals surface area contributed by atoms with Gasteiger partial charge in [0, 0.05) is 12.0 Å². The predicted molar refractivity (Wildman–Crippen MR) is 68.8 cm³/mol. The molecule has 0 bridgehead atoms. The topological polar surface area (TPSA) is 35.0 Å². The summed E-state index contributed by atoms with van der Waals surface area (Å²) in [6.07, 6.45) is 0.936. The van der Waals surface area contributed by atoms with Crippen molar-refractivity contribution >= 4 is 15.9 Å². The van der Waals surface area contributed by atoms with E-state index in [0.29, 0.717) is 11.8 Å². The first-order valence-electron chi connectivity index (χ1n) is 5.57. The van der Waals surface area contributed by atoms with Gasteiger partial charge in [0.25, 0.3) is 0 Å². The Balaban J connectivity index is 2.97. The molecule has 4 heteroatoms. The Bertz CT molecular complexity index is 364. The first-order valence-corrected chi connectivity index (χ1v) is 6.37. The Kier molecular flexibility index (Phi) is 4.30. The van der Waals surface area contributed by atoms with Crippen LogP contribution in [0.15, 0.2) is 10.7 Å². The molecule has 0 spiro atoms. The van der Waals surface area contributed by atoms with Crippen molar-refractivity contribution in [2.75, 3.05) is 0 Å². The molecule has 1 aromatic heterocycles. The van der Waals surface area contributed by atoms with Crippen molar-refractivity contribution in [3.05, 3.63) is 16.5 Å². The van der Waals surface area contributed by atoms with Crippen molar-refractivity contribution in [2.45, 2.75) is 52.6 Å². The summed E-state index contributed by atoms with van der Waals surface area (Å²) in [5.74, 6) is 1.73. The van der Waals surface area contributed by atoms with E-state index in [0.717, 1.165) is 16.8 Å². The summed E-state index contributed by atoms with van der Waals surface area (Å²) in [7, 11) is 0. The van der Waals surface area contributed by atoms with Crippen LogP contribution in [0.1, 0.15) is 52.8 Å². The summed E-state index contributed by atoms with van der Waals surface area (Å²) >= 11 is 3.38. The van der Waals surface area contributed by atoms with Crippen molar-refractivity contribution in [3.8, 4) is 5.88 Å². The Labute approximate surface area is 106 Å². The third-order valence-corrected chi connectivity index (χ3v) is 2.84. The predicted octanol–water partition coefficient (Wildman–Crippen LogP) is 3.93. The van der Waals surface area contributed by atoms with Gasteiger partial charge in [0.15, 0.2) is 0 Å². The van der Waals surface area contributed by atoms with Gasteiger partial charge in [0.05, 0.1) is 0 Å². The van der Waals surface area contributed by atoms with Crippen molar-refractivity contribution < 1.29 is 4.74 Å². The molecule has 0 unspecified atom stereocenters. The highest BCUT2D eigenvalue weighted by Gasteiger charge is 2.18. The second-order valence-corrected chi connectivity index (χ2v) is 5.57. The summed E-state index contributed by atoms with van der Waals surface area (Å²) in [6.45, 7) is 10.3. The molecule has 0 radical (unpaired) electrons. The second-order valence-electron chi connectivity index (χ2n) is 4.76. The van der Waals surface area contributed by atoms with Crippen LogP contribution in [0.4, 0.5) is 0 Å². The smallest absolute Gasteiger partial charge is 0.218 e. The van der Waals surface area contributed by atoms with Crippen molar-refractivity contribution in [3.63, 3.8) is 0 Å². The zero-order chi connectivity index (χ0) is 12.3. The third-order valence-electron chi connectivity index (χ3n) is 2.44. The van der Waals surface area contributed by atoms with Crippen molar-refractivity contribution in [2.24, 2.45) is 0 Å². The van der Waals surface area contributed by atoms with E-state index in [1.807, 2.05) is 6.07 Å². The van der Waals surface area contributed by atoms with E-state index >= 15 is 0 Å². The van der Waals surface area contributed by atoms with Gasteiger partial charge in [-0.25, -0.2) is 4.98 Å². The van der Waals surface area contributed by atoms with Crippen LogP contribution in [0.25, 0.3) is 0 Å². The molecular formula is C12H19BrN2O. The molecule has 0 N–H and O–H groups in total. The van der Waals surface area contributed by atoms with Crippen LogP contribution in [0, 0.1) is 0 Å². The minimum Gasteiger partial charge on any atom is -0.472 e. The third kappa shape index (κ3) is 3.74. The van der Waals surface area contributed by atoms with Crippen LogP contribution in [-0.4, -0.2) is 15.6 Å². The van der Waals surface area contributed by atoms with E-state index in [9.17, 15) is 0 Å². The van der Waals surface area contributed by atoms with E-state index < -0.39 is 0 Å². The van der Waals surface area contributed by atoms with Crippen molar-refractivity contribution in [1.82, 2.24) is 9.97 Å². The van der Waals surface area contributed by atoms with Crippen LogP contribution in [-0.2, 0) is 0 Å². The van der Waals surface area contributed by atoms with Crippen LogP contribution in [0.2, 0.25) is 0 Å². The van der Waals surface area contributed by atoms with Gasteiger partial charge in [-0.05, 0) is 36.2 Å². The van der Waals surface area contributed by atoms with Gasteiger partial charge in [-0.15, -0.1) is 0 Å². The summed E-state index contributed by atoms with van der Waals surface area (Å²) in [4.78, 5) is 8.72. The number of ether oxygens (including phenoxy) is 1. The molecule has 90 valence electrons. The van der Waals surface area contributed by atoms with E-state index in [1.54, 1.807) is 0 Å². The molecule has 0 aliphatic carbocycles. The minimum atomic E-state index is -0.192. The Morgan fingerprint density at radius 3 is 2.50 bits per heavy atom. The highest BCUT2D eigenvalue weighted by Crippen LogP contribution is 2.23. The number of rotatable bonds is 4. The Hall–Kier alpha value is -0.640. The fraction of sp³-hybridized carbons (Fsp3) is 0.667. The highest BCUT2D eigenvalue weighted by atomic mass is 79.9. The molecule has 0 aromatic carbocycles. The lowest BCUT2D eigenvalue weighted by Crippen LogP contribution is -2.27. The molecule has 0 amide bonds. The maximum atomic E-state index is 5.84. The number of nitrogens with zero attached hydrogens (tertiary/aromatic N) is 2. The molecule has 0 fully saturated rings. The van der Waals surface area contributed by atoms with Gasteiger partial charge in [-0.3, -0.25) is 0 Å². The summed E-state index contributed by atoms with van der Waals surface area (Å²) in [5, 5.41) is 0. The molecule has 0 aliphatic heterocycles. The van der Waals surface area contributed by atoms with Gasteiger partial charge in [-0.1, -0.05) is 20.8 Å². The van der Waals surface area contributed by atoms with Crippen LogP contribution in [0.3, 0.4) is 0 Å². The zero-order valence-corrected chi connectivity index (χ0v) is 12.1. The molecule has 16 heavy (non-hydrogen) atoms. The highest BCUT2D eigenvalue weighted by molar-refractivity contribution is 9.10. The van der Waals surface area contributed by atoms with E-state index in [4.69, 9.17) is 4.74 Å². The maximum Gasteiger partial charge on any atom is 0.218 e. The molecule has 1 rings (SSSR count). The zero-order valence-electron chi connectivity index (χ0n) is 10.5. The molecular weight excluding hydrogens is 268 g/mol. The number of hydrogen-bond donors (Lipinski definition) is 0. The van der Waals surface area contributed by atoms with Crippen LogP contribution < -0.4 is 4.74 Å². The average molecular weight is 287 g/mol. The summed E-state index contributed by atoms with van der Waals surface area (Å²) in [5.41, 5.74) is -0.192. The lowest BCUT2D eigenvalue weighted by atomic mass is 10.1. The lowest BCUT2D eigenvalue weighted by Gasteiger charge is -2.24. The fourth-order valence-corrected chi connectivity index (χ4v) is 1.46. The molecule has 0 saturated heterocycles. The molecule has 0 aliphatic rings. The lowest BCUT2D eigenvalue weighted by molar-refractivity contribution is 0.0982. The first-order chi connectivity index (χ1) is 7.34. The summed E-state index contributed by atoms with van der Waals surface area (Å²) < 4.78 is 6.61. The van der Waals surface area contributed by atoms with Crippen molar-refractivity contribution in [1.29, 1.82) is 0 Å². The monoisotopic (exact) mass is 286 g/mol. The Morgan fingerprint density at radius 2 is 2.00 bits per heavy atom. The van der Waals surface area contributed by atoms with Gasteiger partial charge >= 0.3 is 0 Å². The van der Waals surface area contributed by atoms with E-state index in [2.05, 4.69) is 60.5 Å². The maximum absolute atomic E-state index is 5.84. The molecule has 0 atom stereocenters. The van der Waals surface area contributed by atoms with Crippen LogP contribution in [0.5, 0.6) is 5.88 Å². The van der Waals surface area contributed by atoms with E-state index in [1.165, 1.54) is 0 Å².